The molecule has 18 heavy (non-hydrogen) atoms. The van der Waals surface area contributed by atoms with E-state index < -0.39 is 4.92 Å². The molecule has 0 radical (unpaired) electrons. The van der Waals surface area contributed by atoms with Crippen LogP contribution in [0.1, 0.15) is 6.42 Å². The van der Waals surface area contributed by atoms with Gasteiger partial charge in [-0.15, -0.1) is 0 Å². The van der Waals surface area contributed by atoms with Gasteiger partial charge in [0.25, 0.3) is 0 Å². The molecule has 8 nitrogen and oxygen atoms in total. The first-order chi connectivity index (χ1) is 8.60. The average Bonchev–Trinajstić information content (AvgIpc) is 2.74. The number of anilines is 2. The Bertz CT molecular complexity index is 452. The molecule has 0 spiro atoms. The maximum Gasteiger partial charge on any atom is 0.329 e. The quantitative estimate of drug-likeness (QED) is 0.596. The number of nitrogens with one attached hydrogen (secondary N) is 2. The van der Waals surface area contributed by atoms with Crippen LogP contribution in [0.4, 0.5) is 17.5 Å². The van der Waals surface area contributed by atoms with E-state index in [0.717, 1.165) is 19.5 Å². The monoisotopic (exact) mass is 252 g/mol. The molecule has 1 atom stereocenters. The molecule has 98 valence electrons. The van der Waals surface area contributed by atoms with Crippen molar-refractivity contribution in [2.24, 2.45) is 0 Å². The molecular formula is C10H16N6O2. The molecule has 2 heterocycles. The number of likely N-dealkylation sites (N-methyl/N-ethyl adjacent to an activating group) is 1. The van der Waals surface area contributed by atoms with Gasteiger partial charge in [0.15, 0.2) is 0 Å². The van der Waals surface area contributed by atoms with Gasteiger partial charge in [0.1, 0.15) is 6.20 Å². The summed E-state index contributed by atoms with van der Waals surface area (Å²) >= 11 is 0. The third kappa shape index (κ3) is 2.65. The maximum atomic E-state index is 10.9. The SMILES string of the molecule is CNc1ncc([N+](=O)[O-])c(NC2CCN(C)C2)n1. The van der Waals surface area contributed by atoms with Gasteiger partial charge < -0.3 is 15.5 Å². The Morgan fingerprint density at radius 1 is 1.61 bits per heavy atom. The van der Waals surface area contributed by atoms with E-state index in [9.17, 15) is 10.1 Å². The molecule has 0 amide bonds. The summed E-state index contributed by atoms with van der Waals surface area (Å²) in [6.07, 6.45) is 2.17. The third-order valence-electron chi connectivity index (χ3n) is 2.92. The molecule has 0 aliphatic carbocycles. The van der Waals surface area contributed by atoms with Gasteiger partial charge in [0.2, 0.25) is 11.8 Å². The number of likely N-dealkylation sites (tertiary alicyclic amines) is 1. The zero-order valence-corrected chi connectivity index (χ0v) is 10.4. The fourth-order valence-electron chi connectivity index (χ4n) is 1.98. The third-order valence-corrected chi connectivity index (χ3v) is 2.92. The second-order valence-electron chi connectivity index (χ2n) is 4.33. The molecule has 0 aromatic carbocycles. The molecular weight excluding hydrogens is 236 g/mol. The molecule has 1 aromatic rings. The van der Waals surface area contributed by atoms with Crippen LogP contribution in [0.5, 0.6) is 0 Å². The highest BCUT2D eigenvalue weighted by atomic mass is 16.6. The highest BCUT2D eigenvalue weighted by Crippen LogP contribution is 2.24. The smallest absolute Gasteiger partial charge is 0.329 e. The number of nitrogens with zero attached hydrogens (tertiary/aromatic N) is 4. The molecule has 1 aliphatic heterocycles. The highest BCUT2D eigenvalue weighted by Gasteiger charge is 2.24. The van der Waals surface area contributed by atoms with Crippen molar-refractivity contribution in [2.75, 3.05) is 37.8 Å². The predicted molar refractivity (Wildman–Crippen MR) is 67.8 cm³/mol. The Labute approximate surface area is 105 Å². The van der Waals surface area contributed by atoms with Crippen molar-refractivity contribution in [3.8, 4) is 0 Å². The van der Waals surface area contributed by atoms with E-state index in [1.807, 2.05) is 7.05 Å². The van der Waals surface area contributed by atoms with Gasteiger partial charge in [-0.3, -0.25) is 10.1 Å². The van der Waals surface area contributed by atoms with Crippen LogP contribution >= 0.6 is 0 Å². The Morgan fingerprint density at radius 2 is 2.39 bits per heavy atom. The summed E-state index contributed by atoms with van der Waals surface area (Å²) in [5.74, 6) is 0.647. The van der Waals surface area contributed by atoms with Crippen LogP contribution in [0, 0.1) is 10.1 Å². The van der Waals surface area contributed by atoms with E-state index in [2.05, 4.69) is 25.5 Å². The number of hydrogen-bond donors (Lipinski definition) is 2. The Hall–Kier alpha value is -1.96. The molecule has 1 aliphatic rings. The van der Waals surface area contributed by atoms with Crippen LogP contribution < -0.4 is 10.6 Å². The molecule has 2 N–H and O–H groups in total. The summed E-state index contributed by atoms with van der Waals surface area (Å²) in [6, 6.07) is 0.188. The minimum Gasteiger partial charge on any atom is -0.360 e. The van der Waals surface area contributed by atoms with Crippen LogP contribution in [0.25, 0.3) is 0 Å². The van der Waals surface area contributed by atoms with Gasteiger partial charge in [-0.05, 0) is 20.0 Å². The molecule has 1 fully saturated rings. The van der Waals surface area contributed by atoms with Gasteiger partial charge >= 0.3 is 5.69 Å². The lowest BCUT2D eigenvalue weighted by molar-refractivity contribution is -0.384. The molecule has 1 saturated heterocycles. The van der Waals surface area contributed by atoms with E-state index in [1.54, 1.807) is 7.05 Å². The molecule has 0 saturated carbocycles. The Balaban J connectivity index is 2.21. The summed E-state index contributed by atoms with van der Waals surface area (Å²) < 4.78 is 0. The van der Waals surface area contributed by atoms with Crippen molar-refractivity contribution in [1.82, 2.24) is 14.9 Å². The largest absolute Gasteiger partial charge is 0.360 e. The van der Waals surface area contributed by atoms with E-state index in [-0.39, 0.29) is 17.5 Å². The van der Waals surface area contributed by atoms with Gasteiger partial charge in [0.05, 0.1) is 4.92 Å². The first-order valence-electron chi connectivity index (χ1n) is 5.74. The lowest BCUT2D eigenvalue weighted by Crippen LogP contribution is -2.24. The second kappa shape index (κ2) is 5.13. The van der Waals surface area contributed by atoms with Crippen molar-refractivity contribution in [3.05, 3.63) is 16.3 Å². The fraction of sp³-hybridized carbons (Fsp3) is 0.600. The summed E-state index contributed by atoms with van der Waals surface area (Å²) in [4.78, 5) is 20.6. The average molecular weight is 252 g/mol. The van der Waals surface area contributed by atoms with E-state index in [1.165, 1.54) is 6.20 Å². The topological polar surface area (TPSA) is 96.2 Å². The predicted octanol–water partition coefficient (Wildman–Crippen LogP) is 0.542. The van der Waals surface area contributed by atoms with Crippen LogP contribution in [-0.4, -0.2) is 53.0 Å². The number of hydrogen-bond acceptors (Lipinski definition) is 7. The molecule has 8 heteroatoms. The first kappa shape index (κ1) is 12.5. The van der Waals surface area contributed by atoms with Crippen molar-refractivity contribution in [2.45, 2.75) is 12.5 Å². The first-order valence-corrected chi connectivity index (χ1v) is 5.74. The van der Waals surface area contributed by atoms with E-state index in [4.69, 9.17) is 0 Å². The minimum absolute atomic E-state index is 0.0939. The number of aromatic nitrogens is 2. The zero-order chi connectivity index (χ0) is 13.1. The zero-order valence-electron chi connectivity index (χ0n) is 10.4. The van der Waals surface area contributed by atoms with Crippen LogP contribution in [0.15, 0.2) is 6.20 Å². The Kier molecular flexibility index (Phi) is 3.56. The van der Waals surface area contributed by atoms with Gasteiger partial charge in [-0.2, -0.15) is 4.98 Å². The number of nitro groups is 1. The van der Waals surface area contributed by atoms with Crippen molar-refractivity contribution in [1.29, 1.82) is 0 Å². The normalized spacial score (nSPS) is 19.8. The van der Waals surface area contributed by atoms with Crippen molar-refractivity contribution in [3.63, 3.8) is 0 Å². The van der Waals surface area contributed by atoms with Crippen LogP contribution in [0.2, 0.25) is 0 Å². The van der Waals surface area contributed by atoms with Crippen molar-refractivity contribution < 1.29 is 4.92 Å². The Morgan fingerprint density at radius 3 is 2.94 bits per heavy atom. The molecule has 0 bridgehead atoms. The lowest BCUT2D eigenvalue weighted by Gasteiger charge is -2.13. The number of rotatable bonds is 4. The highest BCUT2D eigenvalue weighted by molar-refractivity contribution is 5.57. The summed E-state index contributed by atoms with van der Waals surface area (Å²) in [5, 5.41) is 16.8. The van der Waals surface area contributed by atoms with E-state index >= 15 is 0 Å². The van der Waals surface area contributed by atoms with E-state index in [0.29, 0.717) is 5.95 Å². The fourth-order valence-corrected chi connectivity index (χ4v) is 1.98. The van der Waals surface area contributed by atoms with Crippen LogP contribution in [0.3, 0.4) is 0 Å². The standard InChI is InChI=1S/C10H16N6O2/c1-11-10-12-5-8(16(17)18)9(14-10)13-7-3-4-15(2)6-7/h5,7H,3-4,6H2,1-2H3,(H2,11,12,13,14). The second-order valence-corrected chi connectivity index (χ2v) is 4.33. The van der Waals surface area contributed by atoms with Gasteiger partial charge in [0, 0.05) is 19.6 Å². The van der Waals surface area contributed by atoms with Gasteiger partial charge in [-0.1, -0.05) is 0 Å². The van der Waals surface area contributed by atoms with Crippen LogP contribution in [-0.2, 0) is 0 Å². The maximum absolute atomic E-state index is 10.9. The molecule has 2 rings (SSSR count). The summed E-state index contributed by atoms with van der Waals surface area (Å²) in [6.45, 7) is 1.84. The van der Waals surface area contributed by atoms with Crippen molar-refractivity contribution >= 4 is 17.5 Å². The molecule has 1 unspecified atom stereocenters. The summed E-state index contributed by atoms with van der Waals surface area (Å²) in [7, 11) is 3.70. The summed E-state index contributed by atoms with van der Waals surface area (Å²) in [5.41, 5.74) is -0.0939. The molecule has 1 aromatic heterocycles. The van der Waals surface area contributed by atoms with Gasteiger partial charge in [-0.25, -0.2) is 4.98 Å². The minimum atomic E-state index is -0.472. The lowest BCUT2D eigenvalue weighted by atomic mass is 10.2.